The normalized spacial score (nSPS) is 12.4. The number of nitrogens with one attached hydrogen (secondary N) is 2. The minimum absolute atomic E-state index is 0.299. The van der Waals surface area contributed by atoms with Gasteiger partial charge < -0.3 is 10.6 Å². The molecule has 0 aliphatic rings. The first kappa shape index (κ1) is 15.3. The molecule has 0 fully saturated rings. The summed E-state index contributed by atoms with van der Waals surface area (Å²) in [6, 6.07) is 5.26. The maximum atomic E-state index is 12.5. The van der Waals surface area contributed by atoms with E-state index < -0.39 is 11.7 Å². The molecular weight excluding hydrogens is 255 g/mol. The number of aliphatic imine (C=N–C) groups is 1. The van der Waals surface area contributed by atoms with Crippen LogP contribution < -0.4 is 10.6 Å². The zero-order chi connectivity index (χ0) is 14.3. The van der Waals surface area contributed by atoms with Crippen LogP contribution in [0.15, 0.2) is 29.3 Å². The van der Waals surface area contributed by atoms with Gasteiger partial charge in [0, 0.05) is 20.1 Å². The van der Waals surface area contributed by atoms with Crippen LogP contribution in [0.2, 0.25) is 0 Å². The highest BCUT2D eigenvalue weighted by Crippen LogP contribution is 2.29. The average Bonchev–Trinajstić information content (AvgIpc) is 2.38. The van der Waals surface area contributed by atoms with E-state index in [4.69, 9.17) is 0 Å². The van der Waals surface area contributed by atoms with Crippen LogP contribution in [0.5, 0.6) is 0 Å². The lowest BCUT2D eigenvalue weighted by Crippen LogP contribution is -2.37. The molecule has 3 nitrogen and oxygen atoms in total. The van der Waals surface area contributed by atoms with Crippen molar-refractivity contribution in [3.63, 3.8) is 0 Å². The fraction of sp³-hybridized carbons (Fsp3) is 0.462. The van der Waals surface area contributed by atoms with Crippen molar-refractivity contribution in [2.24, 2.45) is 4.99 Å². The molecule has 0 saturated heterocycles. The molecule has 0 heterocycles. The molecule has 0 atom stereocenters. The molecule has 2 N–H and O–H groups in total. The van der Waals surface area contributed by atoms with Gasteiger partial charge >= 0.3 is 6.18 Å². The lowest BCUT2D eigenvalue weighted by molar-refractivity contribution is -0.137. The summed E-state index contributed by atoms with van der Waals surface area (Å²) in [6.45, 7) is 3.09. The van der Waals surface area contributed by atoms with E-state index in [1.807, 2.05) is 6.92 Å². The minimum atomic E-state index is -4.31. The molecule has 1 rings (SSSR count). The van der Waals surface area contributed by atoms with Crippen LogP contribution in [0.3, 0.4) is 0 Å². The Labute approximate surface area is 110 Å². The maximum Gasteiger partial charge on any atom is 0.416 e. The number of alkyl halides is 3. The lowest BCUT2D eigenvalue weighted by Gasteiger charge is -2.12. The number of guanidine groups is 1. The Balaban J connectivity index is 2.63. The molecule has 6 heteroatoms. The van der Waals surface area contributed by atoms with E-state index in [2.05, 4.69) is 15.6 Å². The number of benzene rings is 1. The number of nitrogens with zero attached hydrogens (tertiary/aromatic N) is 1. The molecular formula is C13H18F3N3. The van der Waals surface area contributed by atoms with E-state index in [0.29, 0.717) is 18.1 Å². The van der Waals surface area contributed by atoms with E-state index in [1.54, 1.807) is 13.1 Å². The van der Waals surface area contributed by atoms with Crippen molar-refractivity contribution in [3.8, 4) is 0 Å². The first-order valence-corrected chi connectivity index (χ1v) is 6.08. The van der Waals surface area contributed by atoms with Gasteiger partial charge in [0.1, 0.15) is 0 Å². The van der Waals surface area contributed by atoms with Crippen LogP contribution in [0.25, 0.3) is 0 Å². The summed E-state index contributed by atoms with van der Waals surface area (Å²) >= 11 is 0. The summed E-state index contributed by atoms with van der Waals surface area (Å²) in [6.07, 6.45) is -3.36. The van der Waals surface area contributed by atoms with Gasteiger partial charge in [0.2, 0.25) is 0 Å². The van der Waals surface area contributed by atoms with Gasteiger partial charge in [0.15, 0.2) is 5.96 Å². The zero-order valence-electron chi connectivity index (χ0n) is 11.0. The van der Waals surface area contributed by atoms with E-state index >= 15 is 0 Å². The fourth-order valence-electron chi connectivity index (χ4n) is 1.51. The van der Waals surface area contributed by atoms with Gasteiger partial charge in [0.05, 0.1) is 5.56 Å². The van der Waals surface area contributed by atoms with Gasteiger partial charge in [-0.1, -0.05) is 19.1 Å². The topological polar surface area (TPSA) is 36.4 Å². The van der Waals surface area contributed by atoms with Crippen molar-refractivity contribution < 1.29 is 13.2 Å². The Morgan fingerprint density at radius 3 is 2.58 bits per heavy atom. The monoisotopic (exact) mass is 273 g/mol. The predicted molar refractivity (Wildman–Crippen MR) is 69.9 cm³/mol. The number of halogens is 3. The van der Waals surface area contributed by atoms with Crippen molar-refractivity contribution in [2.45, 2.75) is 26.1 Å². The molecule has 19 heavy (non-hydrogen) atoms. The van der Waals surface area contributed by atoms with Gasteiger partial charge in [-0.05, 0) is 24.1 Å². The van der Waals surface area contributed by atoms with E-state index in [-0.39, 0.29) is 0 Å². The van der Waals surface area contributed by atoms with E-state index in [0.717, 1.165) is 25.1 Å². The Bertz CT molecular complexity index is 427. The van der Waals surface area contributed by atoms with E-state index in [1.165, 1.54) is 6.07 Å². The number of rotatable bonds is 4. The summed E-state index contributed by atoms with van der Waals surface area (Å²) in [5, 5.41) is 6.02. The van der Waals surface area contributed by atoms with Gasteiger partial charge in [-0.2, -0.15) is 13.2 Å². The second-order valence-corrected chi connectivity index (χ2v) is 4.05. The van der Waals surface area contributed by atoms with Gasteiger partial charge in [-0.25, -0.2) is 0 Å². The smallest absolute Gasteiger partial charge is 0.356 e. The minimum Gasteiger partial charge on any atom is -0.356 e. The van der Waals surface area contributed by atoms with Crippen LogP contribution in [0.4, 0.5) is 13.2 Å². The SMILES string of the molecule is CCCNC(=NC)NCc1cccc(C(F)(F)F)c1. The molecule has 0 aliphatic heterocycles. The van der Waals surface area contributed by atoms with Gasteiger partial charge in [-0.15, -0.1) is 0 Å². The third-order valence-electron chi connectivity index (χ3n) is 2.48. The highest BCUT2D eigenvalue weighted by molar-refractivity contribution is 5.79. The average molecular weight is 273 g/mol. The van der Waals surface area contributed by atoms with Crippen LogP contribution in [-0.4, -0.2) is 19.6 Å². The molecule has 0 aliphatic carbocycles. The van der Waals surface area contributed by atoms with Crippen molar-refractivity contribution >= 4 is 5.96 Å². The van der Waals surface area contributed by atoms with Crippen LogP contribution in [-0.2, 0) is 12.7 Å². The molecule has 106 valence electrons. The zero-order valence-corrected chi connectivity index (χ0v) is 11.0. The molecule has 0 unspecified atom stereocenters. The molecule has 0 spiro atoms. The summed E-state index contributed by atoms with van der Waals surface area (Å²) in [7, 11) is 1.62. The number of hydrogen-bond donors (Lipinski definition) is 2. The molecule has 1 aromatic rings. The van der Waals surface area contributed by atoms with Crippen LogP contribution in [0.1, 0.15) is 24.5 Å². The number of hydrogen-bond acceptors (Lipinski definition) is 1. The predicted octanol–water partition coefficient (Wildman–Crippen LogP) is 2.78. The lowest BCUT2D eigenvalue weighted by atomic mass is 10.1. The summed E-state index contributed by atoms with van der Waals surface area (Å²) in [5.41, 5.74) is -0.0717. The molecule has 1 aromatic carbocycles. The highest BCUT2D eigenvalue weighted by atomic mass is 19.4. The third kappa shape index (κ3) is 5.19. The van der Waals surface area contributed by atoms with Crippen molar-refractivity contribution in [1.29, 1.82) is 0 Å². The molecule has 0 radical (unpaired) electrons. The molecule has 0 saturated carbocycles. The Hall–Kier alpha value is -1.72. The van der Waals surface area contributed by atoms with E-state index in [9.17, 15) is 13.2 Å². The fourth-order valence-corrected chi connectivity index (χ4v) is 1.51. The summed E-state index contributed by atoms with van der Waals surface area (Å²) < 4.78 is 37.6. The van der Waals surface area contributed by atoms with Gasteiger partial charge in [0.25, 0.3) is 0 Å². The second kappa shape index (κ2) is 7.01. The quantitative estimate of drug-likeness (QED) is 0.653. The van der Waals surface area contributed by atoms with Crippen molar-refractivity contribution in [1.82, 2.24) is 10.6 Å². The third-order valence-corrected chi connectivity index (χ3v) is 2.48. The standard InChI is InChI=1S/C13H18F3N3/c1-3-7-18-12(17-2)19-9-10-5-4-6-11(8-10)13(14,15)16/h4-6,8H,3,7,9H2,1-2H3,(H2,17,18,19). The summed E-state index contributed by atoms with van der Waals surface area (Å²) in [4.78, 5) is 3.98. The summed E-state index contributed by atoms with van der Waals surface area (Å²) in [5.74, 6) is 0.583. The van der Waals surface area contributed by atoms with Crippen molar-refractivity contribution in [2.75, 3.05) is 13.6 Å². The molecule has 0 bridgehead atoms. The highest BCUT2D eigenvalue weighted by Gasteiger charge is 2.30. The molecule has 0 aromatic heterocycles. The van der Waals surface area contributed by atoms with Crippen molar-refractivity contribution in [3.05, 3.63) is 35.4 Å². The Morgan fingerprint density at radius 2 is 2.00 bits per heavy atom. The Morgan fingerprint density at radius 1 is 1.26 bits per heavy atom. The molecule has 0 amide bonds. The van der Waals surface area contributed by atoms with Crippen LogP contribution in [0, 0.1) is 0 Å². The Kier molecular flexibility index (Phi) is 5.66. The first-order valence-electron chi connectivity index (χ1n) is 6.08. The van der Waals surface area contributed by atoms with Crippen LogP contribution >= 0.6 is 0 Å². The second-order valence-electron chi connectivity index (χ2n) is 4.05. The first-order chi connectivity index (χ1) is 8.97. The largest absolute Gasteiger partial charge is 0.416 e. The van der Waals surface area contributed by atoms with Gasteiger partial charge in [-0.3, -0.25) is 4.99 Å². The maximum absolute atomic E-state index is 12.5.